The molecule has 1 aliphatic rings. The van der Waals surface area contributed by atoms with Gasteiger partial charge in [0.05, 0.1) is 11.1 Å². The second-order valence-electron chi connectivity index (χ2n) is 9.19. The molecule has 2 heterocycles. The van der Waals surface area contributed by atoms with Crippen molar-refractivity contribution in [3.63, 3.8) is 0 Å². The summed E-state index contributed by atoms with van der Waals surface area (Å²) >= 11 is 0. The van der Waals surface area contributed by atoms with Gasteiger partial charge in [0.1, 0.15) is 11.4 Å². The van der Waals surface area contributed by atoms with Crippen molar-refractivity contribution in [3.8, 4) is 5.75 Å². The second-order valence-corrected chi connectivity index (χ2v) is 11.2. The van der Waals surface area contributed by atoms with Gasteiger partial charge in [-0.1, -0.05) is 37.8 Å². The molecule has 7 nitrogen and oxygen atoms in total. The van der Waals surface area contributed by atoms with Gasteiger partial charge < -0.3 is 14.6 Å². The van der Waals surface area contributed by atoms with E-state index < -0.39 is 9.84 Å². The first kappa shape index (κ1) is 23.3. The summed E-state index contributed by atoms with van der Waals surface area (Å²) in [6, 6.07) is 11.2. The fourth-order valence-corrected chi connectivity index (χ4v) is 5.16. The third-order valence-electron chi connectivity index (χ3n) is 6.46. The normalized spacial score (nSPS) is 15.6. The highest BCUT2D eigenvalue weighted by Gasteiger charge is 2.24. The number of carbonyl (C=O) groups excluding carboxylic acids is 1. The van der Waals surface area contributed by atoms with Crippen molar-refractivity contribution in [1.29, 1.82) is 0 Å². The minimum Gasteiger partial charge on any atom is -0.482 e. The topological polar surface area (TPSA) is 92.4 Å². The molecule has 0 saturated heterocycles. The lowest BCUT2D eigenvalue weighted by Gasteiger charge is -2.20. The van der Waals surface area contributed by atoms with Gasteiger partial charge in [0, 0.05) is 37.3 Å². The Morgan fingerprint density at radius 2 is 1.88 bits per heavy atom. The molecule has 176 valence electrons. The maximum atomic E-state index is 11.9. The summed E-state index contributed by atoms with van der Waals surface area (Å²) in [5.41, 5.74) is 2.91. The number of pyridine rings is 1. The predicted molar refractivity (Wildman–Crippen MR) is 128 cm³/mol. The monoisotopic (exact) mass is 469 g/mol. The predicted octanol–water partition coefficient (Wildman–Crippen LogP) is 4.15. The lowest BCUT2D eigenvalue weighted by molar-refractivity contribution is -0.130. The Balaban J connectivity index is 1.63. The van der Waals surface area contributed by atoms with E-state index in [0.717, 1.165) is 28.7 Å². The molecule has 1 fully saturated rings. The lowest BCUT2D eigenvalue weighted by atomic mass is 9.85. The molecule has 33 heavy (non-hydrogen) atoms. The third-order valence-corrected chi connectivity index (χ3v) is 7.59. The van der Waals surface area contributed by atoms with Gasteiger partial charge >= 0.3 is 0 Å². The van der Waals surface area contributed by atoms with Crippen LogP contribution in [0, 0.1) is 5.92 Å². The van der Waals surface area contributed by atoms with Crippen LogP contribution in [-0.2, 0) is 14.6 Å². The zero-order chi connectivity index (χ0) is 23.6. The number of aromatic nitrogens is 2. The van der Waals surface area contributed by atoms with Crippen molar-refractivity contribution in [2.45, 2.75) is 42.9 Å². The maximum absolute atomic E-state index is 11.9. The maximum Gasteiger partial charge on any atom is 0.259 e. The van der Waals surface area contributed by atoms with Gasteiger partial charge in [-0.3, -0.25) is 4.79 Å². The zero-order valence-electron chi connectivity index (χ0n) is 19.4. The number of hydrogen-bond donors (Lipinski definition) is 1. The fraction of sp³-hybridized carbons (Fsp3) is 0.440. The number of carbonyl (C=O) groups is 1. The molecule has 1 N–H and O–H groups in total. The summed E-state index contributed by atoms with van der Waals surface area (Å²) in [7, 11) is 0.153. The number of hydrogen-bond acceptors (Lipinski definition) is 5. The standard InChI is InChI=1S/C25H31N3O4S/c1-28(2)24(29)16-32-20-13-19-14-23(27-25(19)26-15-20)22(12-17-6-4-5-7-17)18-8-10-21(11-9-18)33(3,30)31/h8-11,13-15,17,22H,4-7,12,16H2,1-3H3,(H,26,27). The third kappa shape index (κ3) is 5.55. The van der Waals surface area contributed by atoms with Crippen LogP contribution < -0.4 is 4.74 Å². The van der Waals surface area contributed by atoms with E-state index in [4.69, 9.17) is 4.74 Å². The van der Waals surface area contributed by atoms with Crippen molar-refractivity contribution >= 4 is 26.8 Å². The first-order valence-electron chi connectivity index (χ1n) is 11.3. The Kier molecular flexibility index (Phi) is 6.74. The molecule has 1 saturated carbocycles. The van der Waals surface area contributed by atoms with Gasteiger partial charge in [0.15, 0.2) is 16.4 Å². The molecule has 1 amide bonds. The van der Waals surface area contributed by atoms with Crippen LogP contribution in [0.15, 0.2) is 47.5 Å². The number of benzene rings is 1. The van der Waals surface area contributed by atoms with Crippen LogP contribution in [0.2, 0.25) is 0 Å². The van der Waals surface area contributed by atoms with Crippen LogP contribution >= 0.6 is 0 Å². The molecule has 1 atom stereocenters. The van der Waals surface area contributed by atoms with E-state index >= 15 is 0 Å². The average Bonchev–Trinajstić information content (AvgIpc) is 3.44. The highest BCUT2D eigenvalue weighted by molar-refractivity contribution is 7.90. The summed E-state index contributed by atoms with van der Waals surface area (Å²) in [6.45, 7) is -0.0333. The largest absolute Gasteiger partial charge is 0.482 e. The smallest absolute Gasteiger partial charge is 0.259 e. The van der Waals surface area contributed by atoms with Crippen LogP contribution in [0.5, 0.6) is 5.75 Å². The van der Waals surface area contributed by atoms with Gasteiger partial charge in [-0.15, -0.1) is 0 Å². The number of nitrogens with one attached hydrogen (secondary N) is 1. The van der Waals surface area contributed by atoms with Crippen molar-refractivity contribution in [1.82, 2.24) is 14.9 Å². The van der Waals surface area contributed by atoms with Crippen molar-refractivity contribution in [2.24, 2.45) is 5.92 Å². The molecule has 3 aromatic rings. The Bertz CT molecular complexity index is 1230. The Labute approximate surface area is 195 Å². The van der Waals surface area contributed by atoms with E-state index in [1.54, 1.807) is 32.4 Å². The number of likely N-dealkylation sites (N-methyl/N-ethyl adjacent to an activating group) is 1. The van der Waals surface area contributed by atoms with Gasteiger partial charge in [0.25, 0.3) is 5.91 Å². The van der Waals surface area contributed by atoms with E-state index in [0.29, 0.717) is 16.6 Å². The Morgan fingerprint density at radius 3 is 2.52 bits per heavy atom. The number of fused-ring (bicyclic) bond motifs is 1. The van der Waals surface area contributed by atoms with E-state index in [1.165, 1.54) is 36.8 Å². The molecule has 0 radical (unpaired) electrons. The number of nitrogens with zero attached hydrogens (tertiary/aromatic N) is 2. The molecule has 1 unspecified atom stereocenters. The Morgan fingerprint density at radius 1 is 1.18 bits per heavy atom. The number of aromatic amines is 1. The number of sulfone groups is 1. The second kappa shape index (κ2) is 9.55. The molecule has 0 spiro atoms. The van der Waals surface area contributed by atoms with Crippen molar-refractivity contribution in [3.05, 3.63) is 53.9 Å². The van der Waals surface area contributed by atoms with Gasteiger partial charge in [-0.2, -0.15) is 0 Å². The fourth-order valence-electron chi connectivity index (χ4n) is 4.53. The van der Waals surface area contributed by atoms with Crippen molar-refractivity contribution in [2.75, 3.05) is 27.0 Å². The number of ether oxygens (including phenoxy) is 1. The molecule has 2 aromatic heterocycles. The van der Waals surface area contributed by atoms with Crippen LogP contribution in [0.1, 0.15) is 49.3 Å². The first-order chi connectivity index (χ1) is 15.7. The zero-order valence-corrected chi connectivity index (χ0v) is 20.2. The molecular formula is C25H31N3O4S. The lowest BCUT2D eigenvalue weighted by Crippen LogP contribution is -2.27. The highest BCUT2D eigenvalue weighted by atomic mass is 32.2. The number of amides is 1. The molecule has 0 aliphatic heterocycles. The van der Waals surface area contributed by atoms with Gasteiger partial charge in [-0.25, -0.2) is 13.4 Å². The van der Waals surface area contributed by atoms with Gasteiger partial charge in [-0.05, 0) is 42.2 Å². The van der Waals surface area contributed by atoms with Crippen LogP contribution in [0.4, 0.5) is 0 Å². The van der Waals surface area contributed by atoms with E-state index in [9.17, 15) is 13.2 Å². The Hall–Kier alpha value is -2.87. The SMILES string of the molecule is CN(C)C(=O)COc1cnc2[nH]c(C(CC3CCCC3)c3ccc(S(C)(=O)=O)cc3)cc2c1. The number of H-pyrrole nitrogens is 1. The summed E-state index contributed by atoms with van der Waals surface area (Å²) in [4.78, 5) is 21.6. The summed E-state index contributed by atoms with van der Waals surface area (Å²) < 4.78 is 29.4. The molecule has 0 bridgehead atoms. The molecule has 1 aromatic carbocycles. The summed E-state index contributed by atoms with van der Waals surface area (Å²) in [5.74, 6) is 1.21. The molecule has 4 rings (SSSR count). The summed E-state index contributed by atoms with van der Waals surface area (Å²) in [5, 5.41) is 0.920. The minimum absolute atomic E-state index is 0.0333. The quantitative estimate of drug-likeness (QED) is 0.535. The minimum atomic E-state index is -3.23. The first-order valence-corrected chi connectivity index (χ1v) is 13.2. The molecular weight excluding hydrogens is 438 g/mol. The van der Waals surface area contributed by atoms with Crippen LogP contribution in [0.3, 0.4) is 0 Å². The van der Waals surface area contributed by atoms with Crippen LogP contribution in [0.25, 0.3) is 11.0 Å². The molecule has 1 aliphatic carbocycles. The average molecular weight is 470 g/mol. The van der Waals surface area contributed by atoms with Crippen molar-refractivity contribution < 1.29 is 17.9 Å². The highest BCUT2D eigenvalue weighted by Crippen LogP contribution is 2.38. The van der Waals surface area contributed by atoms with E-state index in [-0.39, 0.29) is 18.4 Å². The van der Waals surface area contributed by atoms with Crippen LogP contribution in [-0.4, -0.2) is 56.2 Å². The molecule has 8 heteroatoms. The van der Waals surface area contributed by atoms with E-state index in [2.05, 4.69) is 16.0 Å². The van der Waals surface area contributed by atoms with Gasteiger partial charge in [0.2, 0.25) is 0 Å². The van der Waals surface area contributed by atoms with E-state index in [1.807, 2.05) is 18.2 Å². The number of rotatable bonds is 8. The summed E-state index contributed by atoms with van der Waals surface area (Å²) in [6.07, 6.45) is 8.86.